The van der Waals surface area contributed by atoms with Crippen LogP contribution in [-0.4, -0.2) is 73.6 Å². The normalized spacial score (nSPS) is 14.4. The number of aromatic hydroxyl groups is 1. The SMILES string of the molecule is C=CC(=O)N1CC(c2nc3nc(C(F)(F)F)n(-c4cc(O)cc5ccccc45)c(=O)c3n2CCCN(C)C)C1. The van der Waals surface area contributed by atoms with Gasteiger partial charge in [-0.15, -0.1) is 0 Å². The van der Waals surface area contributed by atoms with E-state index in [0.717, 1.165) is 6.07 Å². The molecule has 2 aromatic carbocycles. The Morgan fingerprint density at radius 2 is 1.92 bits per heavy atom. The molecule has 9 nitrogen and oxygen atoms in total. The van der Waals surface area contributed by atoms with Crippen LogP contribution in [0.5, 0.6) is 5.75 Å². The molecule has 4 aromatic rings. The number of phenolic OH excluding ortho intramolecular Hbond substituents is 1. The first-order valence-electron chi connectivity index (χ1n) is 12.4. The lowest BCUT2D eigenvalue weighted by Crippen LogP contribution is -2.48. The van der Waals surface area contributed by atoms with E-state index in [1.54, 1.807) is 33.7 Å². The van der Waals surface area contributed by atoms with Gasteiger partial charge in [0.1, 0.15) is 11.6 Å². The highest BCUT2D eigenvalue weighted by atomic mass is 19.4. The first-order chi connectivity index (χ1) is 18.5. The molecule has 1 aliphatic heterocycles. The van der Waals surface area contributed by atoms with Crippen molar-refractivity contribution in [2.24, 2.45) is 0 Å². The molecule has 0 unspecified atom stereocenters. The largest absolute Gasteiger partial charge is 0.508 e. The molecule has 2 aromatic heterocycles. The highest BCUT2D eigenvalue weighted by Crippen LogP contribution is 2.35. The number of hydrogen-bond acceptors (Lipinski definition) is 6. The van der Waals surface area contributed by atoms with Crippen molar-refractivity contribution in [1.82, 2.24) is 28.9 Å². The Hall–Kier alpha value is -4.19. The van der Waals surface area contributed by atoms with Gasteiger partial charge in [0.2, 0.25) is 11.7 Å². The molecular weight excluding hydrogens is 513 g/mol. The highest BCUT2D eigenvalue weighted by Gasteiger charge is 2.40. The quantitative estimate of drug-likeness (QED) is 0.361. The van der Waals surface area contributed by atoms with Gasteiger partial charge in [0, 0.05) is 31.1 Å². The number of nitrogens with zero attached hydrogens (tertiary/aromatic N) is 6. The maximum absolute atomic E-state index is 14.4. The molecule has 0 spiro atoms. The number of hydrogen-bond donors (Lipinski definition) is 1. The van der Waals surface area contributed by atoms with Crippen molar-refractivity contribution in [2.75, 3.05) is 33.7 Å². The van der Waals surface area contributed by atoms with E-state index in [1.165, 1.54) is 12.1 Å². The van der Waals surface area contributed by atoms with E-state index in [-0.39, 0.29) is 34.4 Å². The molecule has 0 radical (unpaired) electrons. The van der Waals surface area contributed by atoms with Gasteiger partial charge in [0.25, 0.3) is 5.56 Å². The summed E-state index contributed by atoms with van der Waals surface area (Å²) in [7, 11) is 3.80. The summed E-state index contributed by atoms with van der Waals surface area (Å²) in [6, 6.07) is 9.10. The van der Waals surface area contributed by atoms with Crippen molar-refractivity contribution in [3.05, 3.63) is 71.1 Å². The topological polar surface area (TPSA) is 96.5 Å². The van der Waals surface area contributed by atoms with Crippen molar-refractivity contribution in [2.45, 2.75) is 25.1 Å². The summed E-state index contributed by atoms with van der Waals surface area (Å²) in [6.07, 6.45) is -3.19. The van der Waals surface area contributed by atoms with Gasteiger partial charge in [-0.3, -0.25) is 14.2 Å². The van der Waals surface area contributed by atoms with E-state index in [0.29, 0.717) is 53.8 Å². The minimum Gasteiger partial charge on any atom is -0.508 e. The molecule has 204 valence electrons. The summed E-state index contributed by atoms with van der Waals surface area (Å²) in [6.45, 7) is 5.09. The number of benzene rings is 2. The molecule has 0 bridgehead atoms. The lowest BCUT2D eigenvalue weighted by atomic mass is 9.99. The molecule has 3 heterocycles. The minimum absolute atomic E-state index is 0.0577. The number of phenols is 1. The number of likely N-dealkylation sites (tertiary alicyclic amines) is 1. The molecule has 1 N–H and O–H groups in total. The molecule has 1 saturated heterocycles. The Balaban J connectivity index is 1.76. The van der Waals surface area contributed by atoms with Gasteiger partial charge in [-0.05, 0) is 44.6 Å². The number of imidazole rings is 1. The van der Waals surface area contributed by atoms with Gasteiger partial charge < -0.3 is 19.5 Å². The van der Waals surface area contributed by atoms with Crippen LogP contribution < -0.4 is 5.56 Å². The fourth-order valence-corrected chi connectivity index (χ4v) is 5.01. The van der Waals surface area contributed by atoms with Crippen LogP contribution in [0.15, 0.2) is 53.8 Å². The van der Waals surface area contributed by atoms with Crippen LogP contribution in [-0.2, 0) is 17.5 Å². The second-order valence-corrected chi connectivity index (χ2v) is 9.85. The van der Waals surface area contributed by atoms with Crippen LogP contribution in [0.2, 0.25) is 0 Å². The third kappa shape index (κ3) is 4.76. The van der Waals surface area contributed by atoms with E-state index in [9.17, 15) is 27.9 Å². The van der Waals surface area contributed by atoms with Gasteiger partial charge in [-0.1, -0.05) is 30.8 Å². The smallest absolute Gasteiger partial charge is 0.450 e. The van der Waals surface area contributed by atoms with Crippen LogP contribution in [0.4, 0.5) is 13.2 Å². The number of carbonyl (C=O) groups is 1. The number of halogens is 3. The van der Waals surface area contributed by atoms with Crippen molar-refractivity contribution in [1.29, 1.82) is 0 Å². The number of amides is 1. The Morgan fingerprint density at radius 1 is 1.21 bits per heavy atom. The highest BCUT2D eigenvalue weighted by molar-refractivity contribution is 5.92. The Bertz CT molecular complexity index is 1650. The summed E-state index contributed by atoms with van der Waals surface area (Å²) in [5.74, 6) is -1.83. The number of carbonyl (C=O) groups excluding carboxylic acids is 1. The standard InChI is InChI=1S/C27H27F3N6O3/c1-4-21(38)34-14-17(15-34)24-31-23-22(35(24)11-7-10-33(2)3)25(39)36(26(32-23)27(28,29)30)20-13-18(37)12-16-8-5-6-9-19(16)20/h4-6,8-9,12-13,17,37H,1,7,10-11,14-15H2,2-3H3. The van der Waals surface area contributed by atoms with Crippen molar-refractivity contribution in [3.63, 3.8) is 0 Å². The summed E-state index contributed by atoms with van der Waals surface area (Å²) in [5.41, 5.74) is -1.43. The molecule has 12 heteroatoms. The second kappa shape index (κ2) is 9.84. The number of alkyl halides is 3. The Labute approximate surface area is 221 Å². The Kier molecular flexibility index (Phi) is 6.67. The first kappa shape index (κ1) is 26.4. The van der Waals surface area contributed by atoms with E-state index in [1.807, 2.05) is 19.0 Å². The monoisotopic (exact) mass is 540 g/mol. The molecular formula is C27H27F3N6O3. The molecule has 1 amide bonds. The van der Waals surface area contributed by atoms with Crippen LogP contribution in [0.1, 0.15) is 24.0 Å². The fourth-order valence-electron chi connectivity index (χ4n) is 5.01. The van der Waals surface area contributed by atoms with Gasteiger partial charge in [-0.2, -0.15) is 13.2 Å². The molecule has 1 fully saturated rings. The van der Waals surface area contributed by atoms with Gasteiger partial charge in [0.05, 0.1) is 11.6 Å². The zero-order valence-corrected chi connectivity index (χ0v) is 21.4. The Morgan fingerprint density at radius 3 is 2.59 bits per heavy atom. The summed E-state index contributed by atoms with van der Waals surface area (Å²) >= 11 is 0. The van der Waals surface area contributed by atoms with Crippen LogP contribution >= 0.6 is 0 Å². The summed E-state index contributed by atoms with van der Waals surface area (Å²) < 4.78 is 45.3. The number of rotatable bonds is 7. The first-order valence-corrected chi connectivity index (χ1v) is 12.4. The fraction of sp³-hybridized carbons (Fsp3) is 0.333. The molecule has 39 heavy (non-hydrogen) atoms. The summed E-state index contributed by atoms with van der Waals surface area (Å²) in [4.78, 5) is 37.8. The lowest BCUT2D eigenvalue weighted by molar-refractivity contribution is -0.146. The predicted octanol–water partition coefficient (Wildman–Crippen LogP) is 3.52. The van der Waals surface area contributed by atoms with Gasteiger partial charge >= 0.3 is 6.18 Å². The van der Waals surface area contributed by atoms with E-state index in [2.05, 4.69) is 16.5 Å². The third-order valence-electron chi connectivity index (χ3n) is 6.85. The van der Waals surface area contributed by atoms with E-state index in [4.69, 9.17) is 0 Å². The van der Waals surface area contributed by atoms with Crippen molar-refractivity contribution < 1.29 is 23.1 Å². The zero-order chi connectivity index (χ0) is 28.1. The van der Waals surface area contributed by atoms with Crippen molar-refractivity contribution in [3.8, 4) is 11.4 Å². The number of aryl methyl sites for hydroxylation is 1. The van der Waals surface area contributed by atoms with Crippen LogP contribution in [0, 0.1) is 0 Å². The van der Waals surface area contributed by atoms with Crippen molar-refractivity contribution >= 4 is 27.8 Å². The maximum Gasteiger partial charge on any atom is 0.450 e. The van der Waals surface area contributed by atoms with E-state index < -0.39 is 17.6 Å². The average molecular weight is 541 g/mol. The zero-order valence-electron chi connectivity index (χ0n) is 21.4. The molecule has 1 aliphatic rings. The molecule has 0 aliphatic carbocycles. The van der Waals surface area contributed by atoms with Crippen LogP contribution in [0.3, 0.4) is 0 Å². The average Bonchev–Trinajstić information content (AvgIpc) is 3.20. The van der Waals surface area contributed by atoms with Gasteiger partial charge in [-0.25, -0.2) is 9.97 Å². The van der Waals surface area contributed by atoms with Gasteiger partial charge in [0.15, 0.2) is 11.2 Å². The number of aromatic nitrogens is 4. The molecule has 0 saturated carbocycles. The van der Waals surface area contributed by atoms with E-state index >= 15 is 0 Å². The second-order valence-electron chi connectivity index (χ2n) is 9.85. The summed E-state index contributed by atoms with van der Waals surface area (Å²) in [5, 5.41) is 11.1. The van der Waals surface area contributed by atoms with Crippen LogP contribution in [0.25, 0.3) is 27.6 Å². The minimum atomic E-state index is -4.99. The molecule has 5 rings (SSSR count). The predicted molar refractivity (Wildman–Crippen MR) is 140 cm³/mol. The third-order valence-corrected chi connectivity index (χ3v) is 6.85. The molecule has 0 atom stereocenters. The maximum atomic E-state index is 14.4. The lowest BCUT2D eigenvalue weighted by Gasteiger charge is -2.38. The number of fused-ring (bicyclic) bond motifs is 2.